The normalized spacial score (nSPS) is 10.7. The molecule has 19 heavy (non-hydrogen) atoms. The summed E-state index contributed by atoms with van der Waals surface area (Å²) in [6.45, 7) is 3.63. The number of ether oxygens (including phenoxy) is 2. The van der Waals surface area contributed by atoms with Crippen molar-refractivity contribution in [3.8, 4) is 11.5 Å². The van der Waals surface area contributed by atoms with Crippen LogP contribution in [-0.4, -0.2) is 25.0 Å². The van der Waals surface area contributed by atoms with Crippen LogP contribution >= 0.6 is 0 Å². The summed E-state index contributed by atoms with van der Waals surface area (Å²) in [6, 6.07) is 3.81. The molecule has 1 heterocycles. The molecule has 0 saturated carbocycles. The SMILES string of the molecule is COc1cc(OC)c2c(CCC(C)=O)c(C)[nH]c2c1. The highest BCUT2D eigenvalue weighted by molar-refractivity contribution is 5.92. The van der Waals surface area contributed by atoms with Crippen molar-refractivity contribution < 1.29 is 14.3 Å². The Kier molecular flexibility index (Phi) is 3.79. The number of hydrogen-bond donors (Lipinski definition) is 1. The number of nitrogens with one attached hydrogen (secondary N) is 1. The van der Waals surface area contributed by atoms with Gasteiger partial charge in [0.2, 0.25) is 0 Å². The van der Waals surface area contributed by atoms with E-state index in [0.29, 0.717) is 6.42 Å². The van der Waals surface area contributed by atoms with E-state index in [1.165, 1.54) is 0 Å². The van der Waals surface area contributed by atoms with Crippen molar-refractivity contribution in [3.63, 3.8) is 0 Å². The molecule has 0 amide bonds. The van der Waals surface area contributed by atoms with E-state index < -0.39 is 0 Å². The van der Waals surface area contributed by atoms with Gasteiger partial charge in [-0.1, -0.05) is 0 Å². The first-order valence-electron chi connectivity index (χ1n) is 6.29. The summed E-state index contributed by atoms with van der Waals surface area (Å²) >= 11 is 0. The van der Waals surface area contributed by atoms with E-state index in [0.717, 1.165) is 40.1 Å². The van der Waals surface area contributed by atoms with E-state index >= 15 is 0 Å². The van der Waals surface area contributed by atoms with Crippen molar-refractivity contribution in [1.29, 1.82) is 0 Å². The molecule has 0 unspecified atom stereocenters. The lowest BCUT2D eigenvalue weighted by atomic mass is 10.0. The number of methoxy groups -OCH3 is 2. The number of H-pyrrole nitrogens is 1. The van der Waals surface area contributed by atoms with Gasteiger partial charge in [-0.2, -0.15) is 0 Å². The summed E-state index contributed by atoms with van der Waals surface area (Å²) in [4.78, 5) is 14.5. The number of fused-ring (bicyclic) bond motifs is 1. The van der Waals surface area contributed by atoms with E-state index in [1.807, 2.05) is 19.1 Å². The van der Waals surface area contributed by atoms with Gasteiger partial charge in [-0.05, 0) is 25.8 Å². The summed E-state index contributed by atoms with van der Waals surface area (Å²) in [5.74, 6) is 1.72. The highest BCUT2D eigenvalue weighted by Gasteiger charge is 2.15. The quantitative estimate of drug-likeness (QED) is 0.900. The van der Waals surface area contributed by atoms with Gasteiger partial charge < -0.3 is 19.3 Å². The van der Waals surface area contributed by atoms with E-state index in [4.69, 9.17) is 9.47 Å². The monoisotopic (exact) mass is 261 g/mol. The molecule has 2 aromatic rings. The van der Waals surface area contributed by atoms with Gasteiger partial charge in [0.1, 0.15) is 17.3 Å². The number of benzene rings is 1. The Balaban J connectivity index is 2.57. The standard InChI is InChI=1S/C15H19NO3/c1-9(17)5-6-12-10(2)16-13-7-11(18-3)8-14(19-4)15(12)13/h7-8,16H,5-6H2,1-4H3. The van der Waals surface area contributed by atoms with Crippen LogP contribution in [0.15, 0.2) is 12.1 Å². The lowest BCUT2D eigenvalue weighted by Crippen LogP contribution is -1.96. The van der Waals surface area contributed by atoms with E-state index in [1.54, 1.807) is 21.1 Å². The zero-order valence-corrected chi connectivity index (χ0v) is 11.8. The van der Waals surface area contributed by atoms with Crippen LogP contribution in [0.1, 0.15) is 24.6 Å². The number of ketones is 1. The molecule has 0 radical (unpaired) electrons. The molecule has 4 nitrogen and oxygen atoms in total. The summed E-state index contributed by atoms with van der Waals surface area (Å²) in [7, 11) is 3.28. The third-order valence-corrected chi connectivity index (χ3v) is 3.33. The third-order valence-electron chi connectivity index (χ3n) is 3.33. The number of aromatic nitrogens is 1. The van der Waals surface area contributed by atoms with Crippen LogP contribution in [0.3, 0.4) is 0 Å². The highest BCUT2D eigenvalue weighted by Crippen LogP contribution is 2.35. The van der Waals surface area contributed by atoms with Crippen molar-refractivity contribution in [2.45, 2.75) is 26.7 Å². The Morgan fingerprint density at radius 3 is 2.58 bits per heavy atom. The van der Waals surface area contributed by atoms with E-state index in [2.05, 4.69) is 4.98 Å². The van der Waals surface area contributed by atoms with Crippen molar-refractivity contribution in [1.82, 2.24) is 4.98 Å². The molecule has 102 valence electrons. The molecular formula is C15H19NO3. The van der Waals surface area contributed by atoms with Crippen LogP contribution in [-0.2, 0) is 11.2 Å². The Labute approximate surface area is 112 Å². The maximum Gasteiger partial charge on any atom is 0.132 e. The summed E-state index contributed by atoms with van der Waals surface area (Å²) in [5, 5.41) is 1.04. The fourth-order valence-electron chi connectivity index (χ4n) is 2.36. The average molecular weight is 261 g/mol. The van der Waals surface area contributed by atoms with E-state index in [9.17, 15) is 4.79 Å². The molecule has 0 aliphatic heterocycles. The Morgan fingerprint density at radius 1 is 1.26 bits per heavy atom. The summed E-state index contributed by atoms with van der Waals surface area (Å²) in [6.07, 6.45) is 1.27. The van der Waals surface area contributed by atoms with Crippen LogP contribution < -0.4 is 9.47 Å². The van der Waals surface area contributed by atoms with Crippen molar-refractivity contribution >= 4 is 16.7 Å². The van der Waals surface area contributed by atoms with Gasteiger partial charge in [0.25, 0.3) is 0 Å². The minimum absolute atomic E-state index is 0.196. The fraction of sp³-hybridized carbons (Fsp3) is 0.400. The number of aromatic amines is 1. The van der Waals surface area contributed by atoms with Crippen molar-refractivity contribution in [2.75, 3.05) is 14.2 Å². The van der Waals surface area contributed by atoms with Gasteiger partial charge in [0.05, 0.1) is 19.7 Å². The number of carbonyl (C=O) groups excluding carboxylic acids is 1. The first-order chi connectivity index (χ1) is 9.06. The van der Waals surface area contributed by atoms with Gasteiger partial charge in [-0.25, -0.2) is 0 Å². The minimum Gasteiger partial charge on any atom is -0.497 e. The van der Waals surface area contributed by atoms with Gasteiger partial charge in [-0.15, -0.1) is 0 Å². The molecule has 1 N–H and O–H groups in total. The summed E-state index contributed by atoms with van der Waals surface area (Å²) < 4.78 is 10.7. The van der Waals surface area contributed by atoms with Crippen LogP contribution in [0.4, 0.5) is 0 Å². The minimum atomic E-state index is 0.196. The Morgan fingerprint density at radius 2 is 2.00 bits per heavy atom. The van der Waals surface area contributed by atoms with Crippen LogP contribution in [0.5, 0.6) is 11.5 Å². The largest absolute Gasteiger partial charge is 0.497 e. The Bertz CT molecular complexity index is 613. The number of Topliss-reactive ketones (excluding diaryl/α,β-unsaturated/α-hetero) is 1. The molecule has 0 atom stereocenters. The Hall–Kier alpha value is -1.97. The molecule has 1 aromatic heterocycles. The molecule has 0 saturated heterocycles. The van der Waals surface area contributed by atoms with Gasteiger partial charge in [-0.3, -0.25) is 0 Å². The molecule has 0 aliphatic rings. The predicted molar refractivity (Wildman–Crippen MR) is 75.1 cm³/mol. The molecule has 2 rings (SSSR count). The van der Waals surface area contributed by atoms with E-state index in [-0.39, 0.29) is 5.78 Å². The fourth-order valence-corrected chi connectivity index (χ4v) is 2.36. The number of aryl methyl sites for hydroxylation is 2. The van der Waals surface area contributed by atoms with Crippen LogP contribution in [0.25, 0.3) is 10.9 Å². The van der Waals surface area contributed by atoms with Gasteiger partial charge >= 0.3 is 0 Å². The summed E-state index contributed by atoms with van der Waals surface area (Å²) in [5.41, 5.74) is 3.19. The number of carbonyl (C=O) groups is 1. The molecular weight excluding hydrogens is 242 g/mol. The third kappa shape index (κ3) is 2.57. The molecule has 0 aliphatic carbocycles. The molecule has 0 spiro atoms. The second-order valence-electron chi connectivity index (χ2n) is 4.68. The maximum atomic E-state index is 11.2. The average Bonchev–Trinajstić information content (AvgIpc) is 2.70. The second-order valence-corrected chi connectivity index (χ2v) is 4.68. The zero-order valence-electron chi connectivity index (χ0n) is 11.8. The molecule has 4 heteroatoms. The lowest BCUT2D eigenvalue weighted by Gasteiger charge is -2.07. The molecule has 0 bridgehead atoms. The zero-order chi connectivity index (χ0) is 14.0. The second kappa shape index (κ2) is 5.34. The molecule has 0 fully saturated rings. The molecule has 1 aromatic carbocycles. The van der Waals surface area contributed by atoms with Crippen molar-refractivity contribution in [2.24, 2.45) is 0 Å². The topological polar surface area (TPSA) is 51.3 Å². The van der Waals surface area contributed by atoms with Gasteiger partial charge in [0.15, 0.2) is 0 Å². The maximum absolute atomic E-state index is 11.2. The first-order valence-corrected chi connectivity index (χ1v) is 6.29. The predicted octanol–water partition coefficient (Wildman–Crippen LogP) is 3.02. The highest BCUT2D eigenvalue weighted by atomic mass is 16.5. The first kappa shape index (κ1) is 13.5. The van der Waals surface area contributed by atoms with Crippen molar-refractivity contribution in [3.05, 3.63) is 23.4 Å². The van der Waals surface area contributed by atoms with Gasteiger partial charge in [0, 0.05) is 29.6 Å². The van der Waals surface area contributed by atoms with Crippen LogP contribution in [0.2, 0.25) is 0 Å². The van der Waals surface area contributed by atoms with Crippen LogP contribution in [0, 0.1) is 6.92 Å². The smallest absolute Gasteiger partial charge is 0.132 e. The number of hydrogen-bond acceptors (Lipinski definition) is 3. The number of rotatable bonds is 5. The lowest BCUT2D eigenvalue weighted by molar-refractivity contribution is -0.116.